The van der Waals surface area contributed by atoms with E-state index >= 15 is 0 Å². The van der Waals surface area contributed by atoms with Crippen LogP contribution in [-0.4, -0.2) is 38.9 Å². The molecule has 2 saturated carbocycles. The third-order valence-electron chi connectivity index (χ3n) is 10.0. The number of benzene rings is 2. The number of pyridine rings is 1. The molecule has 4 aliphatic rings. The van der Waals surface area contributed by atoms with Gasteiger partial charge >= 0.3 is 5.91 Å². The molecular formula is C36H38N4O3S. The van der Waals surface area contributed by atoms with Gasteiger partial charge in [-0.2, -0.15) is 4.72 Å². The molecule has 0 bridgehead atoms. The molecule has 1 aliphatic heterocycles. The van der Waals surface area contributed by atoms with Crippen molar-refractivity contribution in [1.82, 2.24) is 14.9 Å². The Morgan fingerprint density at radius 1 is 1.09 bits per heavy atom. The molecule has 3 heterocycles. The molecule has 1 unspecified atom stereocenters. The highest BCUT2D eigenvalue weighted by molar-refractivity contribution is 7.91. The first-order chi connectivity index (χ1) is 21.4. The molecule has 8 rings (SSSR count). The number of rotatable bonds is 8. The van der Waals surface area contributed by atoms with E-state index in [-0.39, 0.29) is 16.6 Å². The predicted octanol–water partition coefficient (Wildman–Crippen LogP) is 7.27. The lowest BCUT2D eigenvalue weighted by atomic mass is 9.63. The number of hydrogen-bond donors (Lipinski definition) is 1. The maximum absolute atomic E-state index is 12.5. The first kappa shape index (κ1) is 27.9. The van der Waals surface area contributed by atoms with Gasteiger partial charge in [0.1, 0.15) is 22.4 Å². The zero-order valence-electron chi connectivity index (χ0n) is 25.4. The number of aromatic nitrogens is 2. The Morgan fingerprint density at radius 2 is 1.89 bits per heavy atom. The average molecular weight is 607 g/mol. The maximum atomic E-state index is 12.5. The van der Waals surface area contributed by atoms with Crippen LogP contribution in [0.25, 0.3) is 27.7 Å². The Labute approximate surface area is 261 Å². The van der Waals surface area contributed by atoms with Gasteiger partial charge in [-0.15, -0.1) is 0 Å². The summed E-state index contributed by atoms with van der Waals surface area (Å²) in [6.45, 7) is 6.40. The molecule has 2 aromatic heterocycles. The van der Waals surface area contributed by atoms with Gasteiger partial charge in [-0.25, -0.2) is 4.98 Å². The Morgan fingerprint density at radius 3 is 2.61 bits per heavy atom. The second-order valence-corrected chi connectivity index (χ2v) is 14.7. The van der Waals surface area contributed by atoms with Crippen LogP contribution in [0.15, 0.2) is 59.1 Å². The number of carbonyl (C=O) groups is 1. The first-order valence-electron chi connectivity index (χ1n) is 16.1. The van der Waals surface area contributed by atoms with Crippen LogP contribution in [0.4, 0.5) is 5.69 Å². The molecule has 3 fully saturated rings. The number of carbonyl (C=O) groups excluding carboxylic acids is 1. The van der Waals surface area contributed by atoms with Crippen LogP contribution in [0.3, 0.4) is 0 Å². The fourth-order valence-electron chi connectivity index (χ4n) is 7.13. The van der Waals surface area contributed by atoms with Crippen LogP contribution in [0.2, 0.25) is 0 Å². The second-order valence-electron chi connectivity index (χ2n) is 13.2. The minimum Gasteiger partial charge on any atom is -0.593 e. The number of amides is 1. The molecule has 1 atom stereocenters. The van der Waals surface area contributed by atoms with Crippen molar-refractivity contribution in [3.63, 3.8) is 0 Å². The van der Waals surface area contributed by atoms with Crippen molar-refractivity contribution in [1.29, 1.82) is 0 Å². The summed E-state index contributed by atoms with van der Waals surface area (Å²) < 4.78 is 20.8. The molecule has 4 aromatic rings. The van der Waals surface area contributed by atoms with Crippen LogP contribution in [0, 0.1) is 12.3 Å². The Kier molecular flexibility index (Phi) is 6.83. The number of fused-ring (bicyclic) bond motifs is 1. The van der Waals surface area contributed by atoms with Crippen molar-refractivity contribution in [3.8, 4) is 11.3 Å². The van der Waals surface area contributed by atoms with Gasteiger partial charge in [-0.3, -0.25) is 4.79 Å². The van der Waals surface area contributed by atoms with Gasteiger partial charge in [0.2, 0.25) is 0 Å². The van der Waals surface area contributed by atoms with E-state index in [4.69, 9.17) is 9.68 Å². The number of allylic oxidation sites excluding steroid dienone is 2. The Hall–Kier alpha value is -3.62. The van der Waals surface area contributed by atoms with E-state index in [0.29, 0.717) is 11.6 Å². The lowest BCUT2D eigenvalue weighted by molar-refractivity contribution is 0.0976. The third kappa shape index (κ3) is 5.02. The highest BCUT2D eigenvalue weighted by Gasteiger charge is 2.44. The summed E-state index contributed by atoms with van der Waals surface area (Å²) in [5.74, 6) is 1.24. The molecule has 1 amide bonds. The maximum Gasteiger partial charge on any atom is 0.310 e. The van der Waals surface area contributed by atoms with Gasteiger partial charge in [-0.05, 0) is 91.8 Å². The number of hydrogen-bond acceptors (Lipinski definition) is 6. The van der Waals surface area contributed by atoms with E-state index < -0.39 is 11.4 Å². The van der Waals surface area contributed by atoms with Crippen LogP contribution in [-0.2, 0) is 17.8 Å². The van der Waals surface area contributed by atoms with Gasteiger partial charge in [0.15, 0.2) is 0 Å². The lowest BCUT2D eigenvalue weighted by Crippen LogP contribution is -2.42. The van der Waals surface area contributed by atoms with Crippen molar-refractivity contribution in [2.24, 2.45) is 5.41 Å². The first-order valence-corrected chi connectivity index (χ1v) is 17.3. The zero-order chi connectivity index (χ0) is 30.0. The molecule has 7 nitrogen and oxygen atoms in total. The van der Waals surface area contributed by atoms with Gasteiger partial charge < -0.3 is 14.0 Å². The summed E-state index contributed by atoms with van der Waals surface area (Å²) in [5.41, 5.74) is 10.1. The number of anilines is 1. The van der Waals surface area contributed by atoms with E-state index in [1.54, 1.807) is 6.07 Å². The second kappa shape index (κ2) is 10.8. The van der Waals surface area contributed by atoms with E-state index in [9.17, 15) is 9.35 Å². The van der Waals surface area contributed by atoms with Gasteiger partial charge in [-0.1, -0.05) is 42.4 Å². The summed E-state index contributed by atoms with van der Waals surface area (Å²) in [6, 6.07) is 16.5. The number of nitrogens with zero attached hydrogens (tertiary/aromatic N) is 3. The standard InChI is InChI=1S/C36H38N4O3S/c1-3-23-6-4-5-22(2)31(23)33-32(34(43-38-33)24-7-8-24)26-20-36(21-26)15-17-40(18-16-36)27-10-14-29-25(19-27)9-13-30(37-29)35(41)39-44(42)28-11-12-28/h4-6,9-10,13-14,19-20,24,28H,3,7-8,11-12,15-18,21H2,1-2H3,(H,39,41). The minimum absolute atomic E-state index is 0.0977. The van der Waals surface area contributed by atoms with Crippen molar-refractivity contribution in [2.45, 2.75) is 76.4 Å². The fourth-order valence-corrected chi connectivity index (χ4v) is 8.15. The van der Waals surface area contributed by atoms with Gasteiger partial charge in [0.25, 0.3) is 0 Å². The van der Waals surface area contributed by atoms with E-state index in [2.05, 4.69) is 64.9 Å². The molecule has 0 radical (unpaired) electrons. The summed E-state index contributed by atoms with van der Waals surface area (Å²) in [5, 5.41) is 5.80. The quantitative estimate of drug-likeness (QED) is 0.212. The van der Waals surface area contributed by atoms with Crippen molar-refractivity contribution < 1.29 is 13.9 Å². The Balaban J connectivity index is 0.985. The molecule has 1 saturated heterocycles. The molecule has 226 valence electrons. The molecule has 3 aliphatic carbocycles. The lowest BCUT2D eigenvalue weighted by Gasteiger charge is -2.47. The highest BCUT2D eigenvalue weighted by atomic mass is 32.2. The van der Waals surface area contributed by atoms with Crippen LogP contribution in [0.5, 0.6) is 0 Å². The summed E-state index contributed by atoms with van der Waals surface area (Å²) in [4.78, 5) is 19.6. The fraction of sp³-hybridized carbons (Fsp3) is 0.417. The molecule has 8 heteroatoms. The van der Waals surface area contributed by atoms with Crippen LogP contribution >= 0.6 is 0 Å². The molecule has 1 N–H and O–H groups in total. The number of aryl methyl sites for hydroxylation is 2. The van der Waals surface area contributed by atoms with Crippen molar-refractivity contribution >= 4 is 39.4 Å². The number of nitrogens with one attached hydrogen (secondary N) is 1. The zero-order valence-corrected chi connectivity index (χ0v) is 26.2. The van der Waals surface area contributed by atoms with E-state index in [0.717, 1.165) is 74.0 Å². The summed E-state index contributed by atoms with van der Waals surface area (Å²) in [6.07, 6.45) is 11.1. The van der Waals surface area contributed by atoms with Crippen LogP contribution in [0.1, 0.15) is 90.7 Å². The molecule has 44 heavy (non-hydrogen) atoms. The molecular weight excluding hydrogens is 568 g/mol. The Bertz CT molecular complexity index is 1800. The summed E-state index contributed by atoms with van der Waals surface area (Å²) >= 11 is -1.32. The van der Waals surface area contributed by atoms with E-state index in [1.165, 1.54) is 46.4 Å². The van der Waals surface area contributed by atoms with E-state index in [1.807, 2.05) is 12.1 Å². The van der Waals surface area contributed by atoms with Gasteiger partial charge in [0.05, 0.1) is 16.9 Å². The smallest absolute Gasteiger partial charge is 0.310 e. The molecule has 1 spiro atoms. The van der Waals surface area contributed by atoms with Crippen LogP contribution < -0.4 is 9.62 Å². The minimum atomic E-state index is -1.32. The highest BCUT2D eigenvalue weighted by Crippen LogP contribution is 2.56. The predicted molar refractivity (Wildman–Crippen MR) is 175 cm³/mol. The monoisotopic (exact) mass is 606 g/mol. The van der Waals surface area contributed by atoms with Crippen molar-refractivity contribution in [2.75, 3.05) is 18.0 Å². The largest absolute Gasteiger partial charge is 0.593 e. The SMILES string of the molecule is CCc1cccc(C)c1-c1noc(C2CC2)c1C1=CC2(CCN(c3ccc4nc(C(=O)N[S+]([O-])C5CC5)ccc4c3)CC2)C1. The van der Waals surface area contributed by atoms with Crippen molar-refractivity contribution in [3.05, 3.63) is 82.8 Å². The summed E-state index contributed by atoms with van der Waals surface area (Å²) in [7, 11) is 0. The third-order valence-corrected chi connectivity index (χ3v) is 11.5. The number of piperidine rings is 1. The normalized spacial score (nSPS) is 20.0. The van der Waals surface area contributed by atoms with Gasteiger partial charge in [0, 0.05) is 54.0 Å². The molecule has 2 aromatic carbocycles. The topological polar surface area (TPSA) is 94.3 Å². The average Bonchev–Trinajstić information content (AvgIpc) is 3.97.